The van der Waals surface area contributed by atoms with E-state index in [-0.39, 0.29) is 27.4 Å². The Morgan fingerprint density at radius 2 is 1.94 bits per heavy atom. The van der Waals surface area contributed by atoms with E-state index in [9.17, 15) is 23.2 Å². The first-order chi connectivity index (χ1) is 14.7. The van der Waals surface area contributed by atoms with Gasteiger partial charge < -0.3 is 5.32 Å². The Labute approximate surface area is 184 Å². The number of benzene rings is 1. The van der Waals surface area contributed by atoms with Crippen LogP contribution in [0.5, 0.6) is 0 Å². The molecule has 0 aliphatic rings. The number of halogens is 3. The van der Waals surface area contributed by atoms with Gasteiger partial charge in [0.05, 0.1) is 16.9 Å². The number of amides is 1. The van der Waals surface area contributed by atoms with Gasteiger partial charge in [-0.3, -0.25) is 4.79 Å². The third-order valence-electron chi connectivity index (χ3n) is 4.10. The third-order valence-corrected chi connectivity index (χ3v) is 6.19. The molecule has 1 aromatic carbocycles. The van der Waals surface area contributed by atoms with Crippen LogP contribution in [-0.2, 0) is 18.5 Å². The standard InChI is InChI=1S/C20H16F3N5OS2/c1-11-3-5-13(6-4-11)9-25-17(29)19-28-27-16(31-19)10-30-18-14(8-24)15(20(21,22)23)7-12(2)26-18/h3-7H,9-10H2,1-2H3,(H,25,29). The number of aryl methyl sites for hydroxylation is 2. The fourth-order valence-electron chi connectivity index (χ4n) is 2.58. The van der Waals surface area contributed by atoms with Gasteiger partial charge in [-0.05, 0) is 25.5 Å². The Morgan fingerprint density at radius 3 is 2.58 bits per heavy atom. The molecule has 31 heavy (non-hydrogen) atoms. The second kappa shape index (κ2) is 9.45. The van der Waals surface area contributed by atoms with Gasteiger partial charge in [0, 0.05) is 12.2 Å². The molecule has 1 N–H and O–H groups in total. The molecule has 0 atom stereocenters. The van der Waals surface area contributed by atoms with Gasteiger partial charge in [0.2, 0.25) is 5.01 Å². The molecule has 6 nitrogen and oxygen atoms in total. The predicted octanol–water partition coefficient (Wildman–Crippen LogP) is 4.66. The maximum atomic E-state index is 13.2. The van der Waals surface area contributed by atoms with Gasteiger partial charge in [-0.15, -0.1) is 10.2 Å². The molecule has 0 radical (unpaired) electrons. The van der Waals surface area contributed by atoms with E-state index in [1.807, 2.05) is 31.2 Å². The number of nitrogens with zero attached hydrogens (tertiary/aromatic N) is 4. The van der Waals surface area contributed by atoms with Crippen molar-refractivity contribution in [1.29, 1.82) is 5.26 Å². The number of carbonyl (C=O) groups is 1. The lowest BCUT2D eigenvalue weighted by Gasteiger charge is -2.12. The van der Waals surface area contributed by atoms with E-state index in [1.54, 1.807) is 6.07 Å². The minimum absolute atomic E-state index is 0.0320. The Morgan fingerprint density at radius 1 is 1.23 bits per heavy atom. The summed E-state index contributed by atoms with van der Waals surface area (Å²) >= 11 is 1.99. The van der Waals surface area contributed by atoms with Gasteiger partial charge in [-0.25, -0.2) is 4.98 Å². The largest absolute Gasteiger partial charge is 0.417 e. The average Bonchev–Trinajstić information content (AvgIpc) is 3.19. The SMILES string of the molecule is Cc1ccc(CNC(=O)c2nnc(CSc3nc(C)cc(C(F)(F)F)c3C#N)s2)cc1. The fraction of sp³-hybridized carbons (Fsp3) is 0.250. The first-order valence-corrected chi connectivity index (χ1v) is 10.8. The molecule has 0 aliphatic heterocycles. The zero-order valence-electron chi connectivity index (χ0n) is 16.4. The summed E-state index contributed by atoms with van der Waals surface area (Å²) in [7, 11) is 0. The zero-order chi connectivity index (χ0) is 22.6. The fourth-order valence-corrected chi connectivity index (χ4v) is 4.37. The molecular weight excluding hydrogens is 447 g/mol. The van der Waals surface area contributed by atoms with E-state index < -0.39 is 17.3 Å². The highest BCUT2D eigenvalue weighted by Crippen LogP contribution is 2.36. The quantitative estimate of drug-likeness (QED) is 0.535. The van der Waals surface area contributed by atoms with Gasteiger partial charge in [0.25, 0.3) is 5.91 Å². The van der Waals surface area contributed by atoms with Gasteiger partial charge in [0.1, 0.15) is 16.1 Å². The number of alkyl halides is 3. The summed E-state index contributed by atoms with van der Waals surface area (Å²) in [5.74, 6) is -0.259. The number of nitrogens with one attached hydrogen (secondary N) is 1. The third kappa shape index (κ3) is 5.80. The normalized spacial score (nSPS) is 11.2. The first-order valence-electron chi connectivity index (χ1n) is 8.95. The van der Waals surface area contributed by atoms with Gasteiger partial charge in [0.15, 0.2) is 0 Å². The lowest BCUT2D eigenvalue weighted by molar-refractivity contribution is -0.138. The highest BCUT2D eigenvalue weighted by atomic mass is 32.2. The molecule has 0 bridgehead atoms. The Balaban J connectivity index is 1.66. The number of pyridine rings is 1. The molecule has 2 heterocycles. The van der Waals surface area contributed by atoms with Gasteiger partial charge in [-0.2, -0.15) is 18.4 Å². The molecule has 2 aromatic heterocycles. The molecule has 0 spiro atoms. The average molecular weight is 464 g/mol. The van der Waals surface area contributed by atoms with Crippen LogP contribution in [0.25, 0.3) is 0 Å². The number of aromatic nitrogens is 3. The number of thioether (sulfide) groups is 1. The second-order valence-corrected chi connectivity index (χ2v) is 8.58. The molecule has 0 saturated heterocycles. The van der Waals surface area contributed by atoms with Crippen LogP contribution in [0.15, 0.2) is 35.4 Å². The minimum atomic E-state index is -4.65. The zero-order valence-corrected chi connectivity index (χ0v) is 18.1. The van der Waals surface area contributed by atoms with Crippen LogP contribution in [0.4, 0.5) is 13.2 Å². The lowest BCUT2D eigenvalue weighted by Crippen LogP contribution is -2.22. The summed E-state index contributed by atoms with van der Waals surface area (Å²) in [6, 6.07) is 10.2. The van der Waals surface area contributed by atoms with Crippen LogP contribution >= 0.6 is 23.1 Å². The van der Waals surface area contributed by atoms with Crippen molar-refractivity contribution in [1.82, 2.24) is 20.5 Å². The second-order valence-electron chi connectivity index (χ2n) is 6.56. The van der Waals surface area contributed by atoms with E-state index in [4.69, 9.17) is 0 Å². The number of hydrogen-bond donors (Lipinski definition) is 1. The van der Waals surface area contributed by atoms with Crippen LogP contribution in [-0.4, -0.2) is 21.1 Å². The molecule has 0 fully saturated rings. The molecule has 0 aliphatic carbocycles. The van der Waals surface area contributed by atoms with Crippen LogP contribution < -0.4 is 5.32 Å². The molecule has 11 heteroatoms. The molecule has 0 unspecified atom stereocenters. The first kappa shape index (κ1) is 22.7. The van der Waals surface area contributed by atoms with Crippen molar-refractivity contribution in [2.24, 2.45) is 0 Å². The van der Waals surface area contributed by atoms with E-state index in [0.29, 0.717) is 11.6 Å². The summed E-state index contributed by atoms with van der Waals surface area (Å²) in [5.41, 5.74) is 0.671. The van der Waals surface area contributed by atoms with Gasteiger partial charge in [-0.1, -0.05) is 52.9 Å². The maximum absolute atomic E-state index is 13.2. The van der Waals surface area contributed by atoms with Crippen molar-refractivity contribution in [3.63, 3.8) is 0 Å². The maximum Gasteiger partial charge on any atom is 0.417 e. The minimum Gasteiger partial charge on any atom is -0.346 e. The molecule has 3 rings (SSSR count). The van der Waals surface area contributed by atoms with Crippen molar-refractivity contribution in [3.05, 3.63) is 68.3 Å². The molecule has 3 aromatic rings. The topological polar surface area (TPSA) is 91.6 Å². The number of nitriles is 1. The smallest absolute Gasteiger partial charge is 0.346 e. The van der Waals surface area contributed by atoms with Crippen molar-refractivity contribution in [3.8, 4) is 6.07 Å². The van der Waals surface area contributed by atoms with E-state index in [0.717, 1.165) is 40.3 Å². The van der Waals surface area contributed by atoms with Crippen LogP contribution in [0.2, 0.25) is 0 Å². The predicted molar refractivity (Wildman–Crippen MR) is 111 cm³/mol. The number of hydrogen-bond acceptors (Lipinski definition) is 7. The Hall–Kier alpha value is -2.97. The van der Waals surface area contributed by atoms with Crippen molar-refractivity contribution < 1.29 is 18.0 Å². The molecule has 0 saturated carbocycles. The van der Waals surface area contributed by atoms with E-state index in [1.165, 1.54) is 6.92 Å². The van der Waals surface area contributed by atoms with Crippen LogP contribution in [0.3, 0.4) is 0 Å². The summed E-state index contributed by atoms with van der Waals surface area (Å²) < 4.78 is 39.6. The summed E-state index contributed by atoms with van der Waals surface area (Å²) in [4.78, 5) is 16.3. The van der Waals surface area contributed by atoms with Gasteiger partial charge >= 0.3 is 6.18 Å². The summed E-state index contributed by atoms with van der Waals surface area (Å²) in [5, 5.41) is 20.3. The van der Waals surface area contributed by atoms with E-state index >= 15 is 0 Å². The van der Waals surface area contributed by atoms with E-state index in [2.05, 4.69) is 20.5 Å². The van der Waals surface area contributed by atoms with Crippen molar-refractivity contribution in [2.75, 3.05) is 0 Å². The summed E-state index contributed by atoms with van der Waals surface area (Å²) in [6.07, 6.45) is -4.65. The monoisotopic (exact) mass is 463 g/mol. The van der Waals surface area contributed by atoms with Crippen molar-refractivity contribution >= 4 is 29.0 Å². The highest BCUT2D eigenvalue weighted by Gasteiger charge is 2.35. The van der Waals surface area contributed by atoms with Crippen molar-refractivity contribution in [2.45, 2.75) is 37.3 Å². The molecule has 1 amide bonds. The van der Waals surface area contributed by atoms with Crippen LogP contribution in [0.1, 0.15) is 42.8 Å². The number of carbonyl (C=O) groups excluding carboxylic acids is 1. The van der Waals surface area contributed by atoms with Crippen LogP contribution in [0, 0.1) is 25.2 Å². The Kier molecular flexibility index (Phi) is 6.92. The molecule has 160 valence electrons. The molecular formula is C20H16F3N5OS2. The lowest BCUT2D eigenvalue weighted by atomic mass is 10.1. The number of rotatable bonds is 6. The Bertz CT molecular complexity index is 1140. The summed E-state index contributed by atoms with van der Waals surface area (Å²) in [6.45, 7) is 3.74. The highest BCUT2D eigenvalue weighted by molar-refractivity contribution is 7.98.